The van der Waals surface area contributed by atoms with Gasteiger partial charge in [-0.05, 0) is 37.5 Å². The molecule has 3 aromatic rings. The first-order chi connectivity index (χ1) is 13.2. The lowest BCUT2D eigenvalue weighted by atomic mass is 9.93. The van der Waals surface area contributed by atoms with Crippen LogP contribution >= 0.6 is 11.6 Å². The van der Waals surface area contributed by atoms with E-state index in [0.717, 1.165) is 12.5 Å². The number of rotatable bonds is 6. The second-order valence-corrected chi connectivity index (χ2v) is 8.02. The highest BCUT2D eigenvalue weighted by Gasteiger charge is 2.22. The fourth-order valence-electron chi connectivity index (χ4n) is 3.33. The zero-order valence-corrected chi connectivity index (χ0v) is 16.7. The van der Waals surface area contributed by atoms with Crippen LogP contribution in [0, 0.1) is 17.6 Å². The van der Waals surface area contributed by atoms with Crippen LogP contribution in [0.2, 0.25) is 5.15 Å². The summed E-state index contributed by atoms with van der Waals surface area (Å²) in [6, 6.07) is 6.96. The molecule has 0 radical (unpaired) electrons. The number of benzene rings is 1. The first kappa shape index (κ1) is 20.4. The number of fused-ring (bicyclic) bond motifs is 1. The van der Waals surface area contributed by atoms with Gasteiger partial charge in [-0.3, -0.25) is 4.98 Å². The Labute approximate surface area is 167 Å². The number of hydrogen-bond donors (Lipinski definition) is 1. The Morgan fingerprint density at radius 3 is 2.64 bits per heavy atom. The maximum absolute atomic E-state index is 14.3. The van der Waals surface area contributed by atoms with Gasteiger partial charge >= 0.3 is 0 Å². The van der Waals surface area contributed by atoms with Crippen molar-refractivity contribution in [3.63, 3.8) is 0 Å². The van der Waals surface area contributed by atoms with Gasteiger partial charge in [-0.15, -0.1) is 0 Å². The van der Waals surface area contributed by atoms with E-state index in [1.807, 2.05) is 6.92 Å². The number of pyridine rings is 2. The van der Waals surface area contributed by atoms with E-state index < -0.39 is 17.2 Å². The average molecular weight is 406 g/mol. The number of nitrogens with zero attached hydrogens (tertiary/aromatic N) is 2. The lowest BCUT2D eigenvalue weighted by Crippen LogP contribution is -2.43. The smallest absolute Gasteiger partial charge is 0.171 e. The molecular formula is C21H22ClF2N3O. The van der Waals surface area contributed by atoms with Gasteiger partial charge in [-0.2, -0.15) is 0 Å². The van der Waals surface area contributed by atoms with Gasteiger partial charge in [0.1, 0.15) is 18.2 Å². The zero-order valence-electron chi connectivity index (χ0n) is 16.0. The second-order valence-electron chi connectivity index (χ2n) is 7.67. The standard InChI is InChI=1S/C21H22ClF2N3O/c1-12(2)10-21(3,25)11-28-18-5-4-16(27-20(18)22)14-6-7-26-17-9-13(23)8-15(24)19(14)17/h4-9,12H,10-11,25H2,1-3H3. The van der Waals surface area contributed by atoms with E-state index in [1.165, 1.54) is 12.3 Å². The molecule has 2 heterocycles. The number of ether oxygens (including phenoxy) is 1. The van der Waals surface area contributed by atoms with Gasteiger partial charge < -0.3 is 10.5 Å². The lowest BCUT2D eigenvalue weighted by Gasteiger charge is -2.26. The average Bonchev–Trinajstić information content (AvgIpc) is 2.58. The van der Waals surface area contributed by atoms with Gasteiger partial charge in [-0.25, -0.2) is 13.8 Å². The van der Waals surface area contributed by atoms with E-state index in [0.29, 0.717) is 22.9 Å². The minimum absolute atomic E-state index is 0.144. The van der Waals surface area contributed by atoms with Crippen molar-refractivity contribution in [3.05, 3.63) is 53.3 Å². The first-order valence-electron chi connectivity index (χ1n) is 8.98. The van der Waals surface area contributed by atoms with Crippen LogP contribution < -0.4 is 10.5 Å². The summed E-state index contributed by atoms with van der Waals surface area (Å²) in [6.07, 6.45) is 2.28. The lowest BCUT2D eigenvalue weighted by molar-refractivity contribution is 0.206. The molecule has 28 heavy (non-hydrogen) atoms. The van der Waals surface area contributed by atoms with Crippen LogP contribution in [0.25, 0.3) is 22.2 Å². The summed E-state index contributed by atoms with van der Waals surface area (Å²) in [7, 11) is 0. The highest BCUT2D eigenvalue weighted by atomic mass is 35.5. The van der Waals surface area contributed by atoms with Crippen molar-refractivity contribution >= 4 is 22.5 Å². The van der Waals surface area contributed by atoms with Gasteiger partial charge in [0.15, 0.2) is 10.9 Å². The van der Waals surface area contributed by atoms with Gasteiger partial charge in [0.2, 0.25) is 0 Å². The molecule has 2 N–H and O–H groups in total. The molecule has 1 atom stereocenters. The number of nitrogens with two attached hydrogens (primary N) is 1. The number of aromatic nitrogens is 2. The third-order valence-electron chi connectivity index (χ3n) is 4.28. The molecule has 0 saturated carbocycles. The van der Waals surface area contributed by atoms with Gasteiger partial charge in [-0.1, -0.05) is 25.4 Å². The largest absolute Gasteiger partial charge is 0.488 e. The van der Waals surface area contributed by atoms with E-state index in [2.05, 4.69) is 23.8 Å². The molecule has 0 aliphatic heterocycles. The maximum Gasteiger partial charge on any atom is 0.171 e. The molecule has 0 amide bonds. The van der Waals surface area contributed by atoms with Crippen LogP contribution in [0.5, 0.6) is 5.75 Å². The fourth-order valence-corrected chi connectivity index (χ4v) is 3.54. The molecule has 3 rings (SSSR count). The third-order valence-corrected chi connectivity index (χ3v) is 4.55. The van der Waals surface area contributed by atoms with Crippen LogP contribution in [-0.2, 0) is 0 Å². The first-order valence-corrected chi connectivity index (χ1v) is 9.36. The molecule has 2 aromatic heterocycles. The van der Waals surface area contributed by atoms with Crippen molar-refractivity contribution in [2.75, 3.05) is 6.61 Å². The molecule has 0 saturated heterocycles. The molecule has 0 aliphatic carbocycles. The minimum Gasteiger partial charge on any atom is -0.488 e. The SMILES string of the molecule is CC(C)CC(C)(N)COc1ccc(-c2ccnc3cc(F)cc(F)c23)nc1Cl. The second kappa shape index (κ2) is 7.97. The summed E-state index contributed by atoms with van der Waals surface area (Å²) >= 11 is 6.28. The predicted octanol–water partition coefficient (Wildman–Crippen LogP) is 5.37. The van der Waals surface area contributed by atoms with Crippen molar-refractivity contribution in [1.82, 2.24) is 9.97 Å². The van der Waals surface area contributed by atoms with Crippen molar-refractivity contribution in [2.24, 2.45) is 11.7 Å². The molecule has 0 aliphatic rings. The summed E-state index contributed by atoms with van der Waals surface area (Å²) in [5, 5.41) is 0.331. The molecule has 0 bridgehead atoms. The van der Waals surface area contributed by atoms with Crippen molar-refractivity contribution < 1.29 is 13.5 Å². The van der Waals surface area contributed by atoms with E-state index in [4.69, 9.17) is 22.1 Å². The van der Waals surface area contributed by atoms with Crippen molar-refractivity contribution in [2.45, 2.75) is 32.7 Å². The highest BCUT2D eigenvalue weighted by Crippen LogP contribution is 2.32. The molecule has 148 valence electrons. The summed E-state index contributed by atoms with van der Waals surface area (Å²) in [5.74, 6) is -0.551. The minimum atomic E-state index is -0.705. The molecule has 7 heteroatoms. The quantitative estimate of drug-likeness (QED) is 0.560. The molecule has 0 spiro atoms. The Kier molecular flexibility index (Phi) is 5.82. The van der Waals surface area contributed by atoms with Crippen LogP contribution in [0.4, 0.5) is 8.78 Å². The number of halogens is 3. The summed E-state index contributed by atoms with van der Waals surface area (Å²) in [6.45, 7) is 6.41. The Hall–Kier alpha value is -2.31. The van der Waals surface area contributed by atoms with E-state index in [1.54, 1.807) is 18.2 Å². The molecular weight excluding hydrogens is 384 g/mol. The predicted molar refractivity (Wildman–Crippen MR) is 107 cm³/mol. The van der Waals surface area contributed by atoms with Crippen molar-refractivity contribution in [3.8, 4) is 17.0 Å². The topological polar surface area (TPSA) is 61.0 Å². The van der Waals surface area contributed by atoms with E-state index >= 15 is 0 Å². The van der Waals surface area contributed by atoms with Crippen LogP contribution in [0.15, 0.2) is 36.5 Å². The number of hydrogen-bond acceptors (Lipinski definition) is 4. The van der Waals surface area contributed by atoms with Gasteiger partial charge in [0.25, 0.3) is 0 Å². The van der Waals surface area contributed by atoms with Gasteiger partial charge in [0, 0.05) is 34.8 Å². The zero-order chi connectivity index (χ0) is 20.5. The van der Waals surface area contributed by atoms with E-state index in [9.17, 15) is 8.78 Å². The summed E-state index contributed by atoms with van der Waals surface area (Å²) in [4.78, 5) is 8.36. The van der Waals surface area contributed by atoms with Crippen LogP contribution in [0.1, 0.15) is 27.2 Å². The van der Waals surface area contributed by atoms with E-state index in [-0.39, 0.29) is 22.7 Å². The third kappa shape index (κ3) is 4.56. The Morgan fingerprint density at radius 1 is 1.21 bits per heavy atom. The highest BCUT2D eigenvalue weighted by molar-refractivity contribution is 6.31. The Bertz CT molecular complexity index is 1010. The molecule has 4 nitrogen and oxygen atoms in total. The monoisotopic (exact) mass is 405 g/mol. The molecule has 0 fully saturated rings. The Morgan fingerprint density at radius 2 is 1.96 bits per heavy atom. The summed E-state index contributed by atoms with van der Waals surface area (Å²) < 4.78 is 33.6. The molecule has 1 aromatic carbocycles. The Balaban J connectivity index is 1.90. The summed E-state index contributed by atoms with van der Waals surface area (Å²) in [5.41, 5.74) is 6.88. The maximum atomic E-state index is 14.3. The van der Waals surface area contributed by atoms with Crippen molar-refractivity contribution in [1.29, 1.82) is 0 Å². The van der Waals surface area contributed by atoms with Crippen LogP contribution in [-0.4, -0.2) is 22.1 Å². The van der Waals surface area contributed by atoms with Crippen LogP contribution in [0.3, 0.4) is 0 Å². The molecule has 1 unspecified atom stereocenters. The van der Waals surface area contributed by atoms with Gasteiger partial charge in [0.05, 0.1) is 11.2 Å². The normalized spacial score (nSPS) is 13.7. The fraction of sp³-hybridized carbons (Fsp3) is 0.333.